The maximum Gasteiger partial charge on any atom is 0.217 e. The molecule has 1 aliphatic carbocycles. The number of hydrogen-bond acceptors (Lipinski definition) is 1. The van der Waals surface area contributed by atoms with Crippen LogP contribution in [0.4, 0.5) is 0 Å². The van der Waals surface area contributed by atoms with E-state index in [2.05, 4.69) is 30.4 Å². The van der Waals surface area contributed by atoms with E-state index < -0.39 is 0 Å². The van der Waals surface area contributed by atoms with Crippen molar-refractivity contribution in [3.8, 4) is 0 Å². The molecule has 0 saturated carbocycles. The highest BCUT2D eigenvalue weighted by Crippen LogP contribution is 2.35. The van der Waals surface area contributed by atoms with Crippen LogP contribution >= 0.6 is 0 Å². The average molecular weight is 201 g/mol. The Hall–Kier alpha value is -1.57. The monoisotopic (exact) mass is 201 g/mol. The fraction of sp³-hybridized carbons (Fsp3) is 0.308. The Bertz CT molecular complexity index is 420. The molecule has 1 aromatic rings. The first-order valence-electron chi connectivity index (χ1n) is 5.29. The molecule has 0 fully saturated rings. The summed E-state index contributed by atoms with van der Waals surface area (Å²) in [5, 5.41) is 2.99. The molecule has 0 saturated heterocycles. The minimum atomic E-state index is 0.0241. The molecule has 78 valence electrons. The van der Waals surface area contributed by atoms with Gasteiger partial charge >= 0.3 is 0 Å². The highest BCUT2D eigenvalue weighted by Gasteiger charge is 2.23. The standard InChI is InChI=1S/C13H15NO/c1-3-10-8-11-6-4-5-7-12(11)13(10)14-9(2)15/h4-8,13H,3H2,1-2H3,(H,14,15). The molecule has 0 aliphatic heterocycles. The van der Waals surface area contributed by atoms with Gasteiger partial charge in [0.15, 0.2) is 0 Å². The minimum absolute atomic E-state index is 0.0241. The van der Waals surface area contributed by atoms with E-state index in [0.717, 1.165) is 6.42 Å². The highest BCUT2D eigenvalue weighted by molar-refractivity contribution is 5.76. The molecule has 2 nitrogen and oxygen atoms in total. The Morgan fingerprint density at radius 1 is 1.40 bits per heavy atom. The van der Waals surface area contributed by atoms with E-state index in [9.17, 15) is 4.79 Å². The number of fused-ring (bicyclic) bond motifs is 1. The quantitative estimate of drug-likeness (QED) is 0.783. The molecule has 2 rings (SSSR count). The summed E-state index contributed by atoms with van der Waals surface area (Å²) in [6, 6.07) is 8.30. The smallest absolute Gasteiger partial charge is 0.217 e. The molecule has 0 aromatic heterocycles. The first-order chi connectivity index (χ1) is 7.22. The molecule has 0 radical (unpaired) electrons. The summed E-state index contributed by atoms with van der Waals surface area (Å²) in [5.74, 6) is 0.0241. The maximum atomic E-state index is 11.1. The Kier molecular flexibility index (Phi) is 2.58. The van der Waals surface area contributed by atoms with E-state index in [1.807, 2.05) is 12.1 Å². The van der Waals surface area contributed by atoms with Crippen LogP contribution in [0.15, 0.2) is 29.8 Å². The van der Waals surface area contributed by atoms with Crippen molar-refractivity contribution in [3.05, 3.63) is 41.0 Å². The van der Waals surface area contributed by atoms with Crippen LogP contribution in [0.3, 0.4) is 0 Å². The van der Waals surface area contributed by atoms with Gasteiger partial charge in [0.05, 0.1) is 6.04 Å². The van der Waals surface area contributed by atoms with Crippen molar-refractivity contribution in [1.29, 1.82) is 0 Å². The van der Waals surface area contributed by atoms with Crippen molar-refractivity contribution in [2.24, 2.45) is 0 Å². The van der Waals surface area contributed by atoms with Crippen LogP contribution in [-0.4, -0.2) is 5.91 Å². The van der Waals surface area contributed by atoms with E-state index in [1.54, 1.807) is 6.92 Å². The van der Waals surface area contributed by atoms with Crippen molar-refractivity contribution in [3.63, 3.8) is 0 Å². The zero-order valence-electron chi connectivity index (χ0n) is 9.08. The zero-order valence-corrected chi connectivity index (χ0v) is 9.08. The number of amides is 1. The van der Waals surface area contributed by atoms with Crippen LogP contribution in [0, 0.1) is 0 Å². The molecular formula is C13H15NO. The van der Waals surface area contributed by atoms with Gasteiger partial charge in [0, 0.05) is 6.92 Å². The number of benzene rings is 1. The van der Waals surface area contributed by atoms with Gasteiger partial charge in [0.2, 0.25) is 5.91 Å². The fourth-order valence-corrected chi connectivity index (χ4v) is 2.07. The number of rotatable bonds is 2. The summed E-state index contributed by atoms with van der Waals surface area (Å²) in [6.07, 6.45) is 3.15. The maximum absolute atomic E-state index is 11.1. The van der Waals surface area contributed by atoms with Gasteiger partial charge in [-0.15, -0.1) is 0 Å². The van der Waals surface area contributed by atoms with Crippen LogP contribution < -0.4 is 5.32 Å². The molecule has 15 heavy (non-hydrogen) atoms. The number of nitrogens with one attached hydrogen (secondary N) is 1. The summed E-state index contributed by atoms with van der Waals surface area (Å²) < 4.78 is 0. The molecule has 1 amide bonds. The second-order valence-electron chi connectivity index (χ2n) is 3.84. The van der Waals surface area contributed by atoms with E-state index in [4.69, 9.17) is 0 Å². The van der Waals surface area contributed by atoms with E-state index in [0.29, 0.717) is 0 Å². The van der Waals surface area contributed by atoms with Gasteiger partial charge in [-0.1, -0.05) is 37.3 Å². The summed E-state index contributed by atoms with van der Waals surface area (Å²) in [6.45, 7) is 3.68. The van der Waals surface area contributed by atoms with Crippen molar-refractivity contribution >= 4 is 12.0 Å². The van der Waals surface area contributed by atoms with Crippen LogP contribution in [0.1, 0.15) is 37.4 Å². The predicted molar refractivity (Wildman–Crippen MR) is 61.3 cm³/mol. The highest BCUT2D eigenvalue weighted by atomic mass is 16.1. The molecule has 1 atom stereocenters. The van der Waals surface area contributed by atoms with Gasteiger partial charge in [-0.3, -0.25) is 4.79 Å². The summed E-state index contributed by atoms with van der Waals surface area (Å²) >= 11 is 0. The van der Waals surface area contributed by atoms with Crippen LogP contribution in [-0.2, 0) is 4.79 Å². The molecular weight excluding hydrogens is 186 g/mol. The van der Waals surface area contributed by atoms with Gasteiger partial charge in [-0.25, -0.2) is 0 Å². The lowest BCUT2D eigenvalue weighted by atomic mass is 10.0. The molecule has 2 heteroatoms. The third-order valence-corrected chi connectivity index (χ3v) is 2.77. The molecule has 0 bridgehead atoms. The molecule has 0 heterocycles. The third-order valence-electron chi connectivity index (χ3n) is 2.77. The van der Waals surface area contributed by atoms with Crippen molar-refractivity contribution in [2.45, 2.75) is 26.3 Å². The van der Waals surface area contributed by atoms with E-state index >= 15 is 0 Å². The predicted octanol–water partition coefficient (Wildman–Crippen LogP) is 2.67. The topological polar surface area (TPSA) is 29.1 Å². The Labute approximate surface area is 90.0 Å². The van der Waals surface area contributed by atoms with Crippen LogP contribution in [0.2, 0.25) is 0 Å². The first kappa shape index (κ1) is 9.97. The van der Waals surface area contributed by atoms with Crippen LogP contribution in [0.5, 0.6) is 0 Å². The Balaban J connectivity index is 2.36. The number of carbonyl (C=O) groups excluding carboxylic acids is 1. The minimum Gasteiger partial charge on any atom is -0.346 e. The van der Waals surface area contributed by atoms with Crippen molar-refractivity contribution in [2.75, 3.05) is 0 Å². The van der Waals surface area contributed by atoms with Crippen molar-refractivity contribution < 1.29 is 4.79 Å². The van der Waals surface area contributed by atoms with Gasteiger partial charge in [-0.2, -0.15) is 0 Å². The molecule has 1 unspecified atom stereocenters. The second-order valence-corrected chi connectivity index (χ2v) is 3.84. The summed E-state index contributed by atoms with van der Waals surface area (Å²) in [7, 11) is 0. The Morgan fingerprint density at radius 2 is 2.13 bits per heavy atom. The lowest BCUT2D eigenvalue weighted by Crippen LogP contribution is -2.25. The van der Waals surface area contributed by atoms with Gasteiger partial charge < -0.3 is 5.32 Å². The zero-order chi connectivity index (χ0) is 10.8. The van der Waals surface area contributed by atoms with Crippen LogP contribution in [0.25, 0.3) is 6.08 Å². The number of hydrogen-bond donors (Lipinski definition) is 1. The molecule has 1 N–H and O–H groups in total. The summed E-state index contributed by atoms with van der Waals surface area (Å²) in [5.41, 5.74) is 3.73. The molecule has 1 aliphatic rings. The Morgan fingerprint density at radius 3 is 2.80 bits per heavy atom. The van der Waals surface area contributed by atoms with Gasteiger partial charge in [0.25, 0.3) is 0 Å². The van der Waals surface area contributed by atoms with Crippen molar-refractivity contribution in [1.82, 2.24) is 5.32 Å². The molecule has 0 spiro atoms. The molecule has 1 aromatic carbocycles. The lowest BCUT2D eigenvalue weighted by Gasteiger charge is -2.16. The number of carbonyl (C=O) groups is 1. The average Bonchev–Trinajstić information content (AvgIpc) is 2.56. The van der Waals surface area contributed by atoms with Gasteiger partial charge in [-0.05, 0) is 23.1 Å². The van der Waals surface area contributed by atoms with Gasteiger partial charge in [0.1, 0.15) is 0 Å². The fourth-order valence-electron chi connectivity index (χ4n) is 2.07. The summed E-state index contributed by atoms with van der Waals surface area (Å²) in [4.78, 5) is 11.1. The SMILES string of the molecule is CCC1=Cc2ccccc2C1NC(C)=O. The second kappa shape index (κ2) is 3.89. The van der Waals surface area contributed by atoms with E-state index in [-0.39, 0.29) is 11.9 Å². The lowest BCUT2D eigenvalue weighted by molar-refractivity contribution is -0.119. The van der Waals surface area contributed by atoms with E-state index in [1.165, 1.54) is 16.7 Å². The normalized spacial score (nSPS) is 18.3. The third kappa shape index (κ3) is 1.80. The largest absolute Gasteiger partial charge is 0.346 e. The first-order valence-corrected chi connectivity index (χ1v) is 5.29.